The van der Waals surface area contributed by atoms with Crippen LogP contribution >= 0.6 is 0 Å². The van der Waals surface area contributed by atoms with Crippen LogP contribution in [0.4, 0.5) is 0 Å². The van der Waals surface area contributed by atoms with E-state index in [9.17, 15) is 9.59 Å². The van der Waals surface area contributed by atoms with Crippen molar-refractivity contribution in [2.24, 2.45) is 0 Å². The van der Waals surface area contributed by atoms with Crippen LogP contribution in [-0.4, -0.2) is 30.1 Å². The summed E-state index contributed by atoms with van der Waals surface area (Å²) in [6.45, 7) is 11.6. The quantitative estimate of drug-likeness (QED) is 0.539. The fourth-order valence-electron chi connectivity index (χ4n) is 5.22. The fraction of sp³-hybridized carbons (Fsp3) is 0.429. The minimum atomic E-state index is -0.480. The highest BCUT2D eigenvalue weighted by molar-refractivity contribution is 5.99. The van der Waals surface area contributed by atoms with Crippen molar-refractivity contribution in [2.45, 2.75) is 65.0 Å². The molecular formula is C28H31NO4. The number of rotatable bonds is 3. The zero-order valence-electron chi connectivity index (χ0n) is 20.0. The number of aryl methyl sites for hydroxylation is 2. The molecule has 0 N–H and O–H groups in total. The summed E-state index contributed by atoms with van der Waals surface area (Å²) in [5.74, 6) is -0.0658. The Hall–Kier alpha value is -2.92. The van der Waals surface area contributed by atoms with Crippen LogP contribution in [0.15, 0.2) is 45.6 Å². The van der Waals surface area contributed by atoms with E-state index in [4.69, 9.17) is 9.15 Å². The van der Waals surface area contributed by atoms with Gasteiger partial charge in [-0.25, -0.2) is 0 Å². The van der Waals surface area contributed by atoms with E-state index in [1.807, 2.05) is 38.1 Å². The number of fused-ring (bicyclic) bond motifs is 2. The van der Waals surface area contributed by atoms with Crippen LogP contribution in [0.5, 0.6) is 0 Å². The minimum absolute atomic E-state index is 0.0174. The molecule has 1 aromatic heterocycles. The van der Waals surface area contributed by atoms with Crippen LogP contribution in [-0.2, 0) is 10.2 Å². The number of hydrogen-bond donors (Lipinski definition) is 0. The van der Waals surface area contributed by atoms with E-state index in [0.29, 0.717) is 29.7 Å². The zero-order valence-corrected chi connectivity index (χ0v) is 20.0. The summed E-state index contributed by atoms with van der Waals surface area (Å²) in [7, 11) is 0. The number of carbonyl (C=O) groups excluding carboxylic acids is 1. The third-order valence-electron chi connectivity index (χ3n) is 6.93. The number of nitrogens with zero attached hydrogens (tertiary/aromatic N) is 1. The maximum absolute atomic E-state index is 13.8. The van der Waals surface area contributed by atoms with Crippen LogP contribution < -0.4 is 5.43 Å². The molecule has 3 heterocycles. The van der Waals surface area contributed by atoms with Crippen molar-refractivity contribution in [3.8, 4) is 0 Å². The van der Waals surface area contributed by atoms with Gasteiger partial charge < -0.3 is 14.1 Å². The number of ether oxygens (including phenoxy) is 1. The van der Waals surface area contributed by atoms with Gasteiger partial charge in [0.2, 0.25) is 5.76 Å². The minimum Gasteiger partial charge on any atom is -0.450 e. The molecule has 2 aromatic carbocycles. The Morgan fingerprint density at radius 1 is 1.06 bits per heavy atom. The molecule has 0 spiro atoms. The number of carbonyl (C=O) groups is 1. The van der Waals surface area contributed by atoms with Crippen molar-refractivity contribution < 1.29 is 13.9 Å². The summed E-state index contributed by atoms with van der Waals surface area (Å²) in [6, 6.07) is 11.6. The largest absolute Gasteiger partial charge is 0.450 e. The van der Waals surface area contributed by atoms with E-state index in [0.717, 1.165) is 29.5 Å². The molecule has 2 aliphatic rings. The van der Waals surface area contributed by atoms with E-state index >= 15 is 0 Å². The van der Waals surface area contributed by atoms with Gasteiger partial charge in [0.1, 0.15) is 5.58 Å². The van der Waals surface area contributed by atoms with E-state index in [-0.39, 0.29) is 28.6 Å². The van der Waals surface area contributed by atoms with Crippen LogP contribution in [0.2, 0.25) is 0 Å². The first-order valence-corrected chi connectivity index (χ1v) is 11.8. The van der Waals surface area contributed by atoms with Crippen molar-refractivity contribution in [2.75, 3.05) is 13.2 Å². The Kier molecular flexibility index (Phi) is 5.20. The van der Waals surface area contributed by atoms with Crippen LogP contribution in [0.3, 0.4) is 0 Å². The number of benzene rings is 2. The highest BCUT2D eigenvalue weighted by Gasteiger charge is 2.44. The van der Waals surface area contributed by atoms with Gasteiger partial charge in [-0.05, 0) is 60.4 Å². The second-order valence-electron chi connectivity index (χ2n) is 10.5. The average molecular weight is 446 g/mol. The highest BCUT2D eigenvalue weighted by Crippen LogP contribution is 2.40. The first-order chi connectivity index (χ1) is 15.6. The van der Waals surface area contributed by atoms with Crippen molar-refractivity contribution in [1.82, 2.24) is 4.90 Å². The molecule has 5 heteroatoms. The van der Waals surface area contributed by atoms with Gasteiger partial charge in [0, 0.05) is 13.2 Å². The zero-order chi connectivity index (χ0) is 23.5. The Morgan fingerprint density at radius 2 is 1.79 bits per heavy atom. The summed E-state index contributed by atoms with van der Waals surface area (Å²) in [6.07, 6.45) is 1.88. The van der Waals surface area contributed by atoms with Gasteiger partial charge in [-0.15, -0.1) is 0 Å². The molecule has 3 aromatic rings. The van der Waals surface area contributed by atoms with Crippen LogP contribution in [0.1, 0.15) is 78.0 Å². The molecular weight excluding hydrogens is 414 g/mol. The summed E-state index contributed by atoms with van der Waals surface area (Å²) >= 11 is 0. The van der Waals surface area contributed by atoms with Crippen molar-refractivity contribution in [3.63, 3.8) is 0 Å². The molecule has 0 aliphatic carbocycles. The van der Waals surface area contributed by atoms with Crippen molar-refractivity contribution in [1.29, 1.82) is 0 Å². The SMILES string of the molecule is Cc1cc(C)c2c(=O)c3c(oc2c1)C(=O)N(CC1CCCO1)C3c1ccc(C(C)(C)C)cc1. The molecule has 2 aliphatic heterocycles. The van der Waals surface area contributed by atoms with E-state index in [1.165, 1.54) is 5.56 Å². The van der Waals surface area contributed by atoms with Gasteiger partial charge in [-0.2, -0.15) is 0 Å². The van der Waals surface area contributed by atoms with Crippen molar-refractivity contribution >= 4 is 16.9 Å². The summed E-state index contributed by atoms with van der Waals surface area (Å²) in [5.41, 5.74) is 4.82. The first-order valence-electron chi connectivity index (χ1n) is 11.8. The summed E-state index contributed by atoms with van der Waals surface area (Å²) in [5, 5.41) is 0.558. The first kappa shape index (κ1) is 21.9. The van der Waals surface area contributed by atoms with Gasteiger partial charge in [-0.1, -0.05) is 51.1 Å². The summed E-state index contributed by atoms with van der Waals surface area (Å²) in [4.78, 5) is 29.2. The lowest BCUT2D eigenvalue weighted by molar-refractivity contribution is 0.0486. The van der Waals surface area contributed by atoms with Crippen LogP contribution in [0, 0.1) is 13.8 Å². The Balaban J connectivity index is 1.70. The number of amides is 1. The Morgan fingerprint density at radius 3 is 2.42 bits per heavy atom. The van der Waals surface area contributed by atoms with E-state index in [2.05, 4.69) is 32.9 Å². The average Bonchev–Trinajstić information content (AvgIpc) is 3.35. The van der Waals surface area contributed by atoms with Gasteiger partial charge in [0.25, 0.3) is 5.91 Å². The smallest absolute Gasteiger partial charge is 0.291 e. The summed E-state index contributed by atoms with van der Waals surface area (Å²) < 4.78 is 12.0. The third-order valence-corrected chi connectivity index (χ3v) is 6.93. The molecule has 0 bridgehead atoms. The molecule has 2 unspecified atom stereocenters. The van der Waals surface area contributed by atoms with Gasteiger partial charge in [0.15, 0.2) is 5.43 Å². The lowest BCUT2D eigenvalue weighted by Gasteiger charge is -2.28. The monoisotopic (exact) mass is 445 g/mol. The second-order valence-corrected chi connectivity index (χ2v) is 10.5. The maximum Gasteiger partial charge on any atom is 0.291 e. The second kappa shape index (κ2) is 7.84. The predicted molar refractivity (Wildman–Crippen MR) is 129 cm³/mol. The van der Waals surface area contributed by atoms with Gasteiger partial charge in [0.05, 0.1) is 23.1 Å². The highest BCUT2D eigenvalue weighted by atomic mass is 16.5. The molecule has 5 rings (SSSR count). The Labute approximate surface area is 194 Å². The van der Waals surface area contributed by atoms with Crippen molar-refractivity contribution in [3.05, 3.63) is 80.2 Å². The fourth-order valence-corrected chi connectivity index (χ4v) is 5.22. The molecule has 1 fully saturated rings. The molecule has 1 amide bonds. The topological polar surface area (TPSA) is 59.8 Å². The lowest BCUT2D eigenvalue weighted by Crippen LogP contribution is -2.36. The molecule has 2 atom stereocenters. The predicted octanol–water partition coefficient (Wildman–Crippen LogP) is 5.43. The molecule has 0 saturated carbocycles. The normalized spacial score (nSPS) is 20.6. The lowest BCUT2D eigenvalue weighted by atomic mass is 9.85. The number of hydrogen-bond acceptors (Lipinski definition) is 4. The molecule has 172 valence electrons. The third kappa shape index (κ3) is 3.68. The maximum atomic E-state index is 13.8. The Bertz CT molecular complexity index is 1290. The molecule has 5 nitrogen and oxygen atoms in total. The molecule has 1 saturated heterocycles. The molecule has 0 radical (unpaired) electrons. The molecule has 33 heavy (non-hydrogen) atoms. The van der Waals surface area contributed by atoms with E-state index < -0.39 is 6.04 Å². The van der Waals surface area contributed by atoms with Gasteiger partial charge in [-0.3, -0.25) is 9.59 Å². The van der Waals surface area contributed by atoms with Gasteiger partial charge >= 0.3 is 0 Å². The van der Waals surface area contributed by atoms with E-state index in [1.54, 1.807) is 4.90 Å². The van der Waals surface area contributed by atoms with Crippen LogP contribution in [0.25, 0.3) is 11.0 Å². The standard InChI is InChI=1S/C28H31NO4/c1-16-13-17(2)22-21(14-16)33-26-23(25(22)30)24(18-8-10-19(11-9-18)28(3,4)5)29(27(26)31)15-20-7-6-12-32-20/h8-11,13-14,20,24H,6-7,12,15H2,1-5H3.